The molecular weight excluding hydrogens is 196 g/mol. The largest absolute Gasteiger partial charge is 0.384 e. The molecule has 1 fully saturated rings. The Hall–Kier alpha value is -0.160. The first kappa shape index (κ1) is 12.9. The minimum Gasteiger partial charge on any atom is -0.384 e. The molecule has 0 saturated carbocycles. The molecule has 0 aliphatic carbocycles. The van der Waals surface area contributed by atoms with Crippen LogP contribution in [0.3, 0.4) is 0 Å². The molecule has 0 amide bonds. The lowest BCUT2D eigenvalue weighted by Gasteiger charge is -2.42. The monoisotopic (exact) mass is 218 g/mol. The molecule has 0 aromatic heterocycles. The van der Waals surface area contributed by atoms with Crippen LogP contribution in [0.4, 0.5) is 0 Å². The number of hydrogen-bond acceptors (Lipinski definition) is 4. The lowest BCUT2D eigenvalue weighted by atomic mass is 9.79. The van der Waals surface area contributed by atoms with Gasteiger partial charge in [-0.3, -0.25) is 0 Å². The molecule has 4 nitrogen and oxygen atoms in total. The third-order valence-electron chi connectivity index (χ3n) is 3.07. The van der Waals surface area contributed by atoms with Crippen molar-refractivity contribution in [3.05, 3.63) is 0 Å². The Kier molecular flexibility index (Phi) is 4.99. The van der Waals surface area contributed by atoms with Crippen molar-refractivity contribution >= 4 is 0 Å². The molecule has 0 N–H and O–H groups in total. The summed E-state index contributed by atoms with van der Waals surface area (Å²) in [4.78, 5) is 0. The zero-order valence-electron chi connectivity index (χ0n) is 10.1. The number of rotatable bonds is 5. The van der Waals surface area contributed by atoms with E-state index in [1.807, 2.05) is 0 Å². The Balaban J connectivity index is 2.49. The zero-order chi connectivity index (χ0) is 11.3. The summed E-state index contributed by atoms with van der Waals surface area (Å²) in [5.74, 6) is 0.473. The van der Waals surface area contributed by atoms with Crippen LogP contribution < -0.4 is 0 Å². The maximum atomic E-state index is 5.62. The highest BCUT2D eigenvalue weighted by Crippen LogP contribution is 2.33. The van der Waals surface area contributed by atoms with Crippen molar-refractivity contribution in [1.82, 2.24) is 0 Å². The minimum atomic E-state index is -0.223. The number of methoxy groups -OCH3 is 2. The molecule has 4 heteroatoms. The molecule has 0 spiro atoms. The quantitative estimate of drug-likeness (QED) is 0.697. The molecule has 90 valence electrons. The van der Waals surface area contributed by atoms with E-state index in [1.165, 1.54) is 0 Å². The van der Waals surface area contributed by atoms with E-state index in [2.05, 4.69) is 13.8 Å². The van der Waals surface area contributed by atoms with Gasteiger partial charge in [0, 0.05) is 19.6 Å². The van der Waals surface area contributed by atoms with Gasteiger partial charge in [-0.15, -0.1) is 0 Å². The van der Waals surface area contributed by atoms with E-state index in [9.17, 15) is 0 Å². The maximum Gasteiger partial charge on any atom is 0.180 e. The molecule has 0 aromatic carbocycles. The van der Waals surface area contributed by atoms with Crippen LogP contribution in [0.25, 0.3) is 0 Å². The van der Waals surface area contributed by atoms with Crippen molar-refractivity contribution < 1.29 is 18.9 Å². The summed E-state index contributed by atoms with van der Waals surface area (Å²) in [6, 6.07) is 0. The van der Waals surface area contributed by atoms with E-state index < -0.39 is 0 Å². The normalized spacial score (nSPS) is 32.2. The standard InChI is InChI=1S/C11H22O4/c1-9(2)11(6-13-4)7-14-10(5-12-3)15-8-11/h9-10H,5-8H2,1-4H3. The van der Waals surface area contributed by atoms with Crippen LogP contribution in [0, 0.1) is 11.3 Å². The second-order valence-corrected chi connectivity index (χ2v) is 4.46. The van der Waals surface area contributed by atoms with Gasteiger partial charge in [-0.25, -0.2) is 0 Å². The van der Waals surface area contributed by atoms with Gasteiger partial charge in [0.1, 0.15) is 0 Å². The summed E-state index contributed by atoms with van der Waals surface area (Å²) in [7, 11) is 3.36. The minimum absolute atomic E-state index is 0.0149. The van der Waals surface area contributed by atoms with Gasteiger partial charge in [0.05, 0.1) is 26.4 Å². The summed E-state index contributed by atoms with van der Waals surface area (Å²) < 4.78 is 21.5. The van der Waals surface area contributed by atoms with Crippen molar-refractivity contribution in [1.29, 1.82) is 0 Å². The SMILES string of the molecule is COCC1OCC(COC)(C(C)C)CO1. The van der Waals surface area contributed by atoms with Gasteiger partial charge in [-0.1, -0.05) is 13.8 Å². The third-order valence-corrected chi connectivity index (χ3v) is 3.07. The number of ether oxygens (including phenoxy) is 4. The van der Waals surface area contributed by atoms with Crippen molar-refractivity contribution in [3.8, 4) is 0 Å². The highest BCUT2D eigenvalue weighted by Gasteiger charge is 2.39. The molecule has 1 heterocycles. The third kappa shape index (κ3) is 3.14. The van der Waals surface area contributed by atoms with Gasteiger partial charge in [0.15, 0.2) is 6.29 Å². The predicted molar refractivity (Wildman–Crippen MR) is 56.7 cm³/mol. The van der Waals surface area contributed by atoms with E-state index in [1.54, 1.807) is 14.2 Å². The average molecular weight is 218 g/mol. The molecule has 1 saturated heterocycles. The fourth-order valence-corrected chi connectivity index (χ4v) is 1.71. The van der Waals surface area contributed by atoms with Gasteiger partial charge >= 0.3 is 0 Å². The number of hydrogen-bond donors (Lipinski definition) is 0. The molecule has 0 unspecified atom stereocenters. The van der Waals surface area contributed by atoms with E-state index >= 15 is 0 Å². The molecule has 0 atom stereocenters. The van der Waals surface area contributed by atoms with Gasteiger partial charge in [0.2, 0.25) is 0 Å². The molecule has 1 rings (SSSR count). The molecule has 0 radical (unpaired) electrons. The van der Waals surface area contributed by atoms with E-state index in [0.717, 1.165) is 0 Å². The second-order valence-electron chi connectivity index (χ2n) is 4.46. The van der Waals surface area contributed by atoms with Crippen LogP contribution in [0.2, 0.25) is 0 Å². The molecule has 1 aliphatic heterocycles. The zero-order valence-corrected chi connectivity index (χ0v) is 10.1. The van der Waals surface area contributed by atoms with Crippen molar-refractivity contribution in [2.75, 3.05) is 40.6 Å². The van der Waals surface area contributed by atoms with E-state index in [4.69, 9.17) is 18.9 Å². The summed E-state index contributed by atoms with van der Waals surface area (Å²) in [5, 5.41) is 0. The molecule has 1 aliphatic rings. The topological polar surface area (TPSA) is 36.9 Å². The van der Waals surface area contributed by atoms with Crippen molar-refractivity contribution in [2.24, 2.45) is 11.3 Å². The smallest absolute Gasteiger partial charge is 0.180 e. The lowest BCUT2D eigenvalue weighted by Crippen LogP contribution is -2.49. The van der Waals surface area contributed by atoms with E-state index in [-0.39, 0.29) is 11.7 Å². The Labute approximate surface area is 91.8 Å². The second kappa shape index (κ2) is 5.80. The Bertz CT molecular complexity index is 173. The first-order valence-corrected chi connectivity index (χ1v) is 5.35. The van der Waals surface area contributed by atoms with Crippen LogP contribution in [0.1, 0.15) is 13.8 Å². The fourth-order valence-electron chi connectivity index (χ4n) is 1.71. The Morgan fingerprint density at radius 3 is 2.20 bits per heavy atom. The maximum absolute atomic E-state index is 5.62. The summed E-state index contributed by atoms with van der Waals surface area (Å²) in [6.07, 6.45) is -0.223. The fraction of sp³-hybridized carbons (Fsp3) is 1.00. The van der Waals surface area contributed by atoms with Gasteiger partial charge in [-0.2, -0.15) is 0 Å². The predicted octanol–water partition coefficient (Wildman–Crippen LogP) is 1.29. The van der Waals surface area contributed by atoms with Crippen LogP contribution >= 0.6 is 0 Å². The van der Waals surface area contributed by atoms with Gasteiger partial charge < -0.3 is 18.9 Å². The molecule has 0 aromatic rings. The van der Waals surface area contributed by atoms with Crippen molar-refractivity contribution in [2.45, 2.75) is 20.1 Å². The summed E-state index contributed by atoms with van der Waals surface area (Å²) in [6.45, 7) is 6.84. The first-order chi connectivity index (χ1) is 7.14. The molecule has 15 heavy (non-hydrogen) atoms. The lowest BCUT2D eigenvalue weighted by molar-refractivity contribution is -0.260. The van der Waals surface area contributed by atoms with Crippen LogP contribution in [0.5, 0.6) is 0 Å². The van der Waals surface area contributed by atoms with Crippen LogP contribution in [0.15, 0.2) is 0 Å². The average Bonchev–Trinajstić information content (AvgIpc) is 2.21. The van der Waals surface area contributed by atoms with Crippen molar-refractivity contribution in [3.63, 3.8) is 0 Å². The summed E-state index contributed by atoms with van der Waals surface area (Å²) in [5.41, 5.74) is -0.0149. The van der Waals surface area contributed by atoms with Gasteiger partial charge in [-0.05, 0) is 5.92 Å². The van der Waals surface area contributed by atoms with E-state index in [0.29, 0.717) is 32.3 Å². The molecule has 0 bridgehead atoms. The Morgan fingerprint density at radius 2 is 1.80 bits per heavy atom. The summed E-state index contributed by atoms with van der Waals surface area (Å²) >= 11 is 0. The first-order valence-electron chi connectivity index (χ1n) is 5.35. The highest BCUT2D eigenvalue weighted by atomic mass is 16.7. The molecular formula is C11H22O4. The van der Waals surface area contributed by atoms with Crippen LogP contribution in [-0.2, 0) is 18.9 Å². The van der Waals surface area contributed by atoms with Gasteiger partial charge in [0.25, 0.3) is 0 Å². The van der Waals surface area contributed by atoms with Crippen LogP contribution in [-0.4, -0.2) is 46.9 Å². The highest BCUT2D eigenvalue weighted by molar-refractivity contribution is 4.84. The Morgan fingerprint density at radius 1 is 1.20 bits per heavy atom.